The van der Waals surface area contributed by atoms with E-state index in [0.717, 1.165) is 0 Å². The molecule has 0 aromatic rings. The highest BCUT2D eigenvalue weighted by Crippen LogP contribution is 2.03. The van der Waals surface area contributed by atoms with Crippen LogP contribution in [0.25, 0.3) is 0 Å². The molecule has 0 N–H and O–H groups in total. The van der Waals surface area contributed by atoms with E-state index in [9.17, 15) is 4.79 Å². The van der Waals surface area contributed by atoms with Crippen molar-refractivity contribution in [3.05, 3.63) is 0 Å². The van der Waals surface area contributed by atoms with E-state index in [4.69, 9.17) is 0 Å². The van der Waals surface area contributed by atoms with Gasteiger partial charge in [0.15, 0.2) is 0 Å². The van der Waals surface area contributed by atoms with Crippen LogP contribution in [0, 0.1) is 0 Å². The highest BCUT2D eigenvalue weighted by molar-refractivity contribution is 6.62. The first kappa shape index (κ1) is 14.5. The van der Waals surface area contributed by atoms with Gasteiger partial charge in [-0.1, -0.05) is 52.4 Å². The van der Waals surface area contributed by atoms with Crippen LogP contribution in [-0.2, 0) is 4.79 Å². The van der Waals surface area contributed by atoms with Gasteiger partial charge in [-0.15, -0.1) is 0 Å². The fourth-order valence-corrected chi connectivity index (χ4v) is 0.854. The molecule has 0 rings (SSSR count). The number of unbranched alkanes of at least 4 members (excludes halogenated alkanes) is 5. The Bertz CT molecular complexity index is 81.8. The van der Waals surface area contributed by atoms with Gasteiger partial charge in [-0.3, -0.25) is 4.79 Å². The minimum atomic E-state index is -0.361. The Morgan fingerprint density at radius 3 is 1.42 bits per heavy atom. The van der Waals surface area contributed by atoms with Crippen LogP contribution < -0.4 is 0 Å². The lowest BCUT2D eigenvalue weighted by Gasteiger charge is -1.93. The Morgan fingerprint density at radius 1 is 1.00 bits per heavy atom. The van der Waals surface area contributed by atoms with Gasteiger partial charge in [-0.05, 0) is 11.6 Å². The van der Waals surface area contributed by atoms with Gasteiger partial charge in [0.2, 0.25) is 5.24 Å². The van der Waals surface area contributed by atoms with Gasteiger partial charge in [0, 0.05) is 6.92 Å². The van der Waals surface area contributed by atoms with Crippen molar-refractivity contribution in [3.63, 3.8) is 0 Å². The van der Waals surface area contributed by atoms with E-state index < -0.39 is 0 Å². The first-order valence-electron chi connectivity index (χ1n) is 4.81. The zero-order chi connectivity index (χ0) is 9.82. The molecule has 0 amide bonds. The molecule has 0 radical (unpaired) electrons. The summed E-state index contributed by atoms with van der Waals surface area (Å²) in [5.74, 6) is 0. The second-order valence-corrected chi connectivity index (χ2v) is 3.42. The zero-order valence-corrected chi connectivity index (χ0v) is 9.28. The number of rotatable bonds is 5. The lowest BCUT2D eigenvalue weighted by atomic mass is 10.1. The third kappa shape index (κ3) is 32.5. The van der Waals surface area contributed by atoms with Crippen molar-refractivity contribution in [1.82, 2.24) is 0 Å². The molecule has 0 saturated heterocycles. The zero-order valence-electron chi connectivity index (χ0n) is 8.53. The molecule has 0 aliphatic carbocycles. The van der Waals surface area contributed by atoms with Gasteiger partial charge in [-0.25, -0.2) is 0 Å². The summed E-state index contributed by atoms with van der Waals surface area (Å²) in [6.45, 7) is 5.81. The average Bonchev–Trinajstić information content (AvgIpc) is 1.97. The number of hydrogen-bond donors (Lipinski definition) is 0. The van der Waals surface area contributed by atoms with Crippen LogP contribution in [0.3, 0.4) is 0 Å². The van der Waals surface area contributed by atoms with Crippen LogP contribution in [0.4, 0.5) is 0 Å². The van der Waals surface area contributed by atoms with Gasteiger partial charge in [-0.2, -0.15) is 0 Å². The molecule has 0 atom stereocenters. The molecule has 74 valence electrons. The lowest BCUT2D eigenvalue weighted by molar-refractivity contribution is -0.109. The number of carbonyl (C=O) groups is 1. The first-order chi connectivity index (χ1) is 5.65. The third-order valence-corrected chi connectivity index (χ3v) is 1.46. The maximum atomic E-state index is 9.21. The molecule has 0 aromatic heterocycles. The van der Waals surface area contributed by atoms with Gasteiger partial charge in [0.25, 0.3) is 0 Å². The fourth-order valence-electron chi connectivity index (χ4n) is 0.854. The minimum absolute atomic E-state index is 0.361. The SMILES string of the molecule is CC(=O)Cl.CCCCCCCC. The Morgan fingerprint density at radius 2 is 1.25 bits per heavy atom. The second-order valence-electron chi connectivity index (χ2n) is 2.88. The van der Waals surface area contributed by atoms with Crippen molar-refractivity contribution >= 4 is 16.8 Å². The van der Waals surface area contributed by atoms with Crippen LogP contribution in [-0.4, -0.2) is 5.24 Å². The molecule has 0 aliphatic heterocycles. The summed E-state index contributed by atoms with van der Waals surface area (Å²) in [4.78, 5) is 9.21. The van der Waals surface area contributed by atoms with E-state index in [-0.39, 0.29) is 5.24 Å². The summed E-state index contributed by atoms with van der Waals surface area (Å²) in [5, 5.41) is -0.361. The first-order valence-corrected chi connectivity index (χ1v) is 5.19. The normalized spacial score (nSPS) is 8.67. The molecule has 0 bridgehead atoms. The Hall–Kier alpha value is -0.0400. The second kappa shape index (κ2) is 13.5. The smallest absolute Gasteiger partial charge is 0.218 e. The summed E-state index contributed by atoms with van der Waals surface area (Å²) in [5.41, 5.74) is 0. The van der Waals surface area contributed by atoms with Crippen molar-refractivity contribution in [2.24, 2.45) is 0 Å². The molecular weight excluding hydrogens is 172 g/mol. The summed E-state index contributed by atoms with van der Waals surface area (Å²) in [6, 6.07) is 0. The van der Waals surface area contributed by atoms with Crippen LogP contribution >= 0.6 is 11.6 Å². The number of halogens is 1. The molecule has 0 aromatic carbocycles. The fraction of sp³-hybridized carbons (Fsp3) is 0.900. The molecular formula is C10H21ClO. The highest BCUT2D eigenvalue weighted by atomic mass is 35.5. The Labute approximate surface area is 81.5 Å². The lowest BCUT2D eigenvalue weighted by Crippen LogP contribution is -1.73. The van der Waals surface area contributed by atoms with Crippen molar-refractivity contribution in [1.29, 1.82) is 0 Å². The summed E-state index contributed by atoms with van der Waals surface area (Å²) < 4.78 is 0. The Balaban J connectivity index is 0. The van der Waals surface area contributed by atoms with Gasteiger partial charge in [0.1, 0.15) is 0 Å². The van der Waals surface area contributed by atoms with Crippen LogP contribution in [0.1, 0.15) is 59.3 Å². The van der Waals surface area contributed by atoms with Crippen molar-refractivity contribution < 1.29 is 4.79 Å². The van der Waals surface area contributed by atoms with Crippen LogP contribution in [0.2, 0.25) is 0 Å². The molecule has 0 saturated carbocycles. The quantitative estimate of drug-likeness (QED) is 0.473. The molecule has 0 spiro atoms. The third-order valence-electron chi connectivity index (χ3n) is 1.46. The molecule has 0 heterocycles. The molecule has 1 nitrogen and oxygen atoms in total. The van der Waals surface area contributed by atoms with Crippen molar-refractivity contribution in [2.75, 3.05) is 0 Å². The number of carbonyl (C=O) groups excluding carboxylic acids is 1. The highest BCUT2D eigenvalue weighted by Gasteiger charge is 1.83. The van der Waals surface area contributed by atoms with E-state index >= 15 is 0 Å². The molecule has 0 fully saturated rings. The molecule has 12 heavy (non-hydrogen) atoms. The Kier molecular flexibility index (Phi) is 16.3. The monoisotopic (exact) mass is 192 g/mol. The topological polar surface area (TPSA) is 17.1 Å². The van der Waals surface area contributed by atoms with Gasteiger partial charge in [0.05, 0.1) is 0 Å². The number of hydrogen-bond acceptors (Lipinski definition) is 1. The molecule has 0 aliphatic rings. The maximum absolute atomic E-state index is 9.21. The minimum Gasteiger partial charge on any atom is -0.282 e. The summed E-state index contributed by atoms with van der Waals surface area (Å²) >= 11 is 4.64. The predicted octanol–water partition coefficient (Wildman–Crippen LogP) is 4.14. The maximum Gasteiger partial charge on any atom is 0.218 e. The van der Waals surface area contributed by atoms with Gasteiger partial charge >= 0.3 is 0 Å². The van der Waals surface area contributed by atoms with E-state index in [1.54, 1.807) is 0 Å². The van der Waals surface area contributed by atoms with Crippen molar-refractivity contribution in [3.8, 4) is 0 Å². The average molecular weight is 193 g/mol. The largest absolute Gasteiger partial charge is 0.282 e. The standard InChI is InChI=1S/C8H18.C2H3ClO/c1-3-5-7-8-6-4-2;1-2(3)4/h3-8H2,1-2H3;1H3. The summed E-state index contributed by atoms with van der Waals surface area (Å²) in [6.07, 6.45) is 8.49. The van der Waals surface area contributed by atoms with Crippen molar-refractivity contribution in [2.45, 2.75) is 59.3 Å². The van der Waals surface area contributed by atoms with E-state index in [1.807, 2.05) is 0 Å². The van der Waals surface area contributed by atoms with Crippen LogP contribution in [0.5, 0.6) is 0 Å². The van der Waals surface area contributed by atoms with E-state index in [0.29, 0.717) is 0 Å². The van der Waals surface area contributed by atoms with Gasteiger partial charge < -0.3 is 0 Å². The van der Waals surface area contributed by atoms with Crippen LogP contribution in [0.15, 0.2) is 0 Å². The van der Waals surface area contributed by atoms with E-state index in [2.05, 4.69) is 25.4 Å². The molecule has 0 unspecified atom stereocenters. The van der Waals surface area contributed by atoms with E-state index in [1.165, 1.54) is 45.4 Å². The molecule has 2 heteroatoms. The summed E-state index contributed by atoms with van der Waals surface area (Å²) in [7, 11) is 0. The predicted molar refractivity (Wildman–Crippen MR) is 55.6 cm³/mol.